The van der Waals surface area contributed by atoms with Gasteiger partial charge < -0.3 is 19.5 Å². The molecule has 1 N–H and O–H groups in total. The fraction of sp³-hybridized carbons (Fsp3) is 0.444. The zero-order chi connectivity index (χ0) is 18.0. The molecule has 0 aliphatic carbocycles. The molecule has 3 rings (SSSR count). The van der Waals surface area contributed by atoms with Gasteiger partial charge in [-0.3, -0.25) is 4.68 Å². The molecule has 134 valence electrons. The molecule has 7 nitrogen and oxygen atoms in total. The Labute approximate surface area is 146 Å². The quantitative estimate of drug-likeness (QED) is 0.896. The summed E-state index contributed by atoms with van der Waals surface area (Å²) in [7, 11) is 5.43. The fourth-order valence-corrected chi connectivity index (χ4v) is 3.16. The van der Waals surface area contributed by atoms with Crippen molar-refractivity contribution in [1.29, 1.82) is 0 Å². The molecule has 1 aliphatic rings. The number of ether oxygens (including phenoxy) is 2. The van der Waals surface area contributed by atoms with E-state index >= 15 is 0 Å². The van der Waals surface area contributed by atoms with Crippen LogP contribution in [0.4, 0.5) is 0 Å². The number of likely N-dealkylation sites (N-methyl/N-ethyl adjacent to an activating group) is 1. The maximum Gasteiger partial charge on any atom is 0.356 e. The maximum atomic E-state index is 11.1. The minimum Gasteiger partial charge on any atom is -0.493 e. The average Bonchev–Trinajstić information content (AvgIpc) is 2.97. The van der Waals surface area contributed by atoms with Gasteiger partial charge in [0.2, 0.25) is 0 Å². The molecule has 1 aromatic heterocycles. The van der Waals surface area contributed by atoms with Gasteiger partial charge in [0.25, 0.3) is 0 Å². The van der Waals surface area contributed by atoms with Crippen LogP contribution in [0.25, 0.3) is 11.3 Å². The summed E-state index contributed by atoms with van der Waals surface area (Å²) in [5.41, 5.74) is 1.57. The Morgan fingerprint density at radius 1 is 1.28 bits per heavy atom. The van der Waals surface area contributed by atoms with Gasteiger partial charge in [0, 0.05) is 19.2 Å². The van der Waals surface area contributed by atoms with E-state index in [1.807, 2.05) is 18.2 Å². The molecule has 0 radical (unpaired) electrons. The van der Waals surface area contributed by atoms with Crippen molar-refractivity contribution in [2.24, 2.45) is 7.05 Å². The van der Waals surface area contributed by atoms with E-state index in [4.69, 9.17) is 14.6 Å². The van der Waals surface area contributed by atoms with Gasteiger partial charge in [-0.25, -0.2) is 4.79 Å². The highest BCUT2D eigenvalue weighted by molar-refractivity contribution is 5.87. The lowest BCUT2D eigenvalue weighted by atomic mass is 10.1. The normalized spacial score (nSPS) is 18.1. The third kappa shape index (κ3) is 3.76. The van der Waals surface area contributed by atoms with Crippen LogP contribution in [-0.2, 0) is 7.05 Å². The number of aromatic nitrogens is 2. The number of carboxylic acid groups (broad SMARTS) is 1. The smallest absolute Gasteiger partial charge is 0.356 e. The fourth-order valence-electron chi connectivity index (χ4n) is 3.16. The van der Waals surface area contributed by atoms with Crippen LogP contribution in [0.2, 0.25) is 0 Å². The van der Waals surface area contributed by atoms with Crippen molar-refractivity contribution >= 4 is 5.97 Å². The predicted molar refractivity (Wildman–Crippen MR) is 93.3 cm³/mol. The van der Waals surface area contributed by atoms with Crippen molar-refractivity contribution in [2.75, 3.05) is 27.2 Å². The molecule has 1 unspecified atom stereocenters. The summed E-state index contributed by atoms with van der Waals surface area (Å²) in [5, 5.41) is 13.1. The van der Waals surface area contributed by atoms with Gasteiger partial charge in [0.15, 0.2) is 17.2 Å². The Bertz CT molecular complexity index is 772. The molecular formula is C18H23N3O4. The first-order chi connectivity index (χ1) is 12.0. The maximum absolute atomic E-state index is 11.1. The number of hydrogen-bond donors (Lipinski definition) is 1. The van der Waals surface area contributed by atoms with Crippen LogP contribution in [0.15, 0.2) is 24.3 Å². The van der Waals surface area contributed by atoms with Gasteiger partial charge in [-0.1, -0.05) is 0 Å². The molecule has 25 heavy (non-hydrogen) atoms. The number of carboxylic acids is 1. The first kappa shape index (κ1) is 17.3. The monoisotopic (exact) mass is 345 g/mol. The summed E-state index contributed by atoms with van der Waals surface area (Å²) in [5.74, 6) is 0.285. The highest BCUT2D eigenvalue weighted by atomic mass is 16.5. The van der Waals surface area contributed by atoms with Crippen LogP contribution in [0.3, 0.4) is 0 Å². The molecule has 0 spiro atoms. The molecular weight excluding hydrogens is 322 g/mol. The topological polar surface area (TPSA) is 76.8 Å². The van der Waals surface area contributed by atoms with Gasteiger partial charge in [0.1, 0.15) is 6.10 Å². The second-order valence-electron chi connectivity index (χ2n) is 6.35. The lowest BCUT2D eigenvalue weighted by molar-refractivity contribution is 0.0689. The lowest BCUT2D eigenvalue weighted by Crippen LogP contribution is -2.38. The first-order valence-electron chi connectivity index (χ1n) is 8.29. The molecule has 1 aromatic carbocycles. The van der Waals surface area contributed by atoms with Crippen molar-refractivity contribution in [2.45, 2.75) is 18.9 Å². The lowest BCUT2D eigenvalue weighted by Gasteiger charge is -2.30. The van der Waals surface area contributed by atoms with Crippen molar-refractivity contribution < 1.29 is 19.4 Å². The summed E-state index contributed by atoms with van der Waals surface area (Å²) in [6.45, 7) is 1.96. The number of piperidine rings is 1. The predicted octanol–water partition coefficient (Wildman–Crippen LogP) is 2.27. The number of aromatic carboxylic acids is 1. The zero-order valence-electron chi connectivity index (χ0n) is 14.7. The molecule has 2 aromatic rings. The van der Waals surface area contributed by atoms with Crippen molar-refractivity contribution in [3.63, 3.8) is 0 Å². The number of methoxy groups -OCH3 is 1. The minimum absolute atomic E-state index is 0.0182. The van der Waals surface area contributed by atoms with Crippen LogP contribution in [0.1, 0.15) is 23.3 Å². The van der Waals surface area contributed by atoms with E-state index in [1.54, 1.807) is 24.9 Å². The number of benzene rings is 1. The Balaban J connectivity index is 1.90. The number of aryl methyl sites for hydroxylation is 1. The molecule has 1 atom stereocenters. The summed E-state index contributed by atoms with van der Waals surface area (Å²) in [6.07, 6.45) is 2.23. The first-order valence-corrected chi connectivity index (χ1v) is 8.29. The Kier molecular flexibility index (Phi) is 4.94. The standard InChI is InChI=1S/C18H23N3O4/c1-20-8-4-5-13(11-20)25-17-9-12(6-7-16(17)24-3)15-10-14(18(22)23)19-21(15)2/h6-7,9-10,13H,4-5,8,11H2,1-3H3,(H,22,23). The Morgan fingerprint density at radius 3 is 2.72 bits per heavy atom. The van der Waals surface area contributed by atoms with E-state index in [-0.39, 0.29) is 11.8 Å². The van der Waals surface area contributed by atoms with Gasteiger partial charge >= 0.3 is 5.97 Å². The summed E-state index contributed by atoms with van der Waals surface area (Å²) in [6, 6.07) is 7.16. The van der Waals surface area contributed by atoms with Gasteiger partial charge in [-0.15, -0.1) is 0 Å². The van der Waals surface area contributed by atoms with Crippen molar-refractivity contribution in [3.05, 3.63) is 30.0 Å². The minimum atomic E-state index is -1.04. The zero-order valence-corrected chi connectivity index (χ0v) is 14.7. The second-order valence-corrected chi connectivity index (χ2v) is 6.35. The average molecular weight is 345 g/mol. The van der Waals surface area contributed by atoms with Crippen molar-refractivity contribution in [1.82, 2.24) is 14.7 Å². The van der Waals surface area contributed by atoms with E-state index in [2.05, 4.69) is 17.0 Å². The van der Waals surface area contributed by atoms with Gasteiger partial charge in [-0.2, -0.15) is 5.10 Å². The third-order valence-corrected chi connectivity index (χ3v) is 4.43. The molecule has 0 amide bonds. The highest BCUT2D eigenvalue weighted by Crippen LogP contribution is 2.34. The SMILES string of the molecule is COc1ccc(-c2cc(C(=O)O)nn2C)cc1OC1CCCN(C)C1. The van der Waals surface area contributed by atoms with E-state index < -0.39 is 5.97 Å². The van der Waals surface area contributed by atoms with Crippen LogP contribution in [0, 0.1) is 0 Å². The molecule has 0 saturated carbocycles. The molecule has 1 aliphatic heterocycles. The third-order valence-electron chi connectivity index (χ3n) is 4.43. The van der Waals surface area contributed by atoms with Crippen molar-refractivity contribution in [3.8, 4) is 22.8 Å². The van der Waals surface area contributed by atoms with Gasteiger partial charge in [0.05, 0.1) is 12.8 Å². The number of nitrogens with zero attached hydrogens (tertiary/aromatic N) is 3. The van der Waals surface area contributed by atoms with E-state index in [1.165, 1.54) is 0 Å². The summed E-state index contributed by atoms with van der Waals surface area (Å²) in [4.78, 5) is 13.4. The van der Waals surface area contributed by atoms with Crippen LogP contribution in [-0.4, -0.2) is 59.1 Å². The second kappa shape index (κ2) is 7.14. The van der Waals surface area contributed by atoms with Crippen LogP contribution >= 0.6 is 0 Å². The van der Waals surface area contributed by atoms with E-state index in [0.29, 0.717) is 17.2 Å². The van der Waals surface area contributed by atoms with E-state index in [0.717, 1.165) is 31.5 Å². The van der Waals surface area contributed by atoms with Crippen LogP contribution < -0.4 is 9.47 Å². The number of hydrogen-bond acceptors (Lipinski definition) is 5. The summed E-state index contributed by atoms with van der Waals surface area (Å²) < 4.78 is 13.2. The largest absolute Gasteiger partial charge is 0.493 e. The molecule has 1 fully saturated rings. The summed E-state index contributed by atoms with van der Waals surface area (Å²) >= 11 is 0. The number of carbonyl (C=O) groups is 1. The highest BCUT2D eigenvalue weighted by Gasteiger charge is 2.21. The molecule has 1 saturated heterocycles. The van der Waals surface area contributed by atoms with Gasteiger partial charge in [-0.05, 0) is 50.7 Å². The van der Waals surface area contributed by atoms with E-state index in [9.17, 15) is 4.79 Å². The Morgan fingerprint density at radius 2 is 2.08 bits per heavy atom. The molecule has 0 bridgehead atoms. The number of likely N-dealkylation sites (tertiary alicyclic amines) is 1. The number of rotatable bonds is 5. The molecule has 2 heterocycles. The molecule has 7 heteroatoms. The van der Waals surface area contributed by atoms with Crippen LogP contribution in [0.5, 0.6) is 11.5 Å². The Hall–Kier alpha value is -2.54.